The van der Waals surface area contributed by atoms with Crippen LogP contribution in [0.2, 0.25) is 19.6 Å². The van der Waals surface area contributed by atoms with Gasteiger partial charge in [0.25, 0.3) is 11.8 Å². The molecule has 1 heterocycles. The van der Waals surface area contributed by atoms with Crippen molar-refractivity contribution in [2.24, 2.45) is 0 Å². The van der Waals surface area contributed by atoms with E-state index in [0.29, 0.717) is 34.7 Å². The number of hydrogen-bond donors (Lipinski definition) is 2. The standard InChI is InChI=1S/C28H31N3O4Si/c1-31(28(34)20-7-6-19-17-25(32)30-24(19)16-20)26(18-8-12-22(35-2)13-9-18)27(33)29-21-10-14-23(15-11-21)36(3,4)5/h6-16,26H,17H2,1-5H3,(H,29,33)(H,30,32). The summed E-state index contributed by atoms with van der Waals surface area (Å²) in [5.74, 6) is -0.1000. The Kier molecular flexibility index (Phi) is 6.99. The van der Waals surface area contributed by atoms with Crippen LogP contribution in [0.25, 0.3) is 0 Å². The van der Waals surface area contributed by atoms with Gasteiger partial charge in [-0.1, -0.05) is 55.2 Å². The van der Waals surface area contributed by atoms with Crippen molar-refractivity contribution in [3.05, 3.63) is 83.4 Å². The minimum absolute atomic E-state index is 0.0985. The Morgan fingerprint density at radius 2 is 1.67 bits per heavy atom. The Labute approximate surface area is 212 Å². The second-order valence-electron chi connectivity index (χ2n) is 10.0. The summed E-state index contributed by atoms with van der Waals surface area (Å²) in [6, 6.07) is 19.3. The molecule has 1 unspecified atom stereocenters. The summed E-state index contributed by atoms with van der Waals surface area (Å²) in [6.07, 6.45) is 0.299. The molecule has 1 aliphatic rings. The van der Waals surface area contributed by atoms with E-state index in [2.05, 4.69) is 42.4 Å². The van der Waals surface area contributed by atoms with Gasteiger partial charge in [0.15, 0.2) is 0 Å². The fraction of sp³-hybridized carbons (Fsp3) is 0.250. The number of hydrogen-bond acceptors (Lipinski definition) is 4. The van der Waals surface area contributed by atoms with E-state index in [4.69, 9.17) is 4.74 Å². The molecule has 0 spiro atoms. The quantitative estimate of drug-likeness (QED) is 0.476. The summed E-state index contributed by atoms with van der Waals surface area (Å²) in [5, 5.41) is 7.05. The predicted molar refractivity (Wildman–Crippen MR) is 145 cm³/mol. The van der Waals surface area contributed by atoms with Crippen LogP contribution in [0, 0.1) is 0 Å². The molecule has 7 nitrogen and oxygen atoms in total. The van der Waals surface area contributed by atoms with Crippen molar-refractivity contribution in [3.63, 3.8) is 0 Å². The number of fused-ring (bicyclic) bond motifs is 1. The molecule has 0 bridgehead atoms. The van der Waals surface area contributed by atoms with E-state index in [9.17, 15) is 14.4 Å². The van der Waals surface area contributed by atoms with E-state index < -0.39 is 14.1 Å². The minimum Gasteiger partial charge on any atom is -0.497 e. The second kappa shape index (κ2) is 9.99. The molecule has 36 heavy (non-hydrogen) atoms. The molecule has 0 fully saturated rings. The summed E-state index contributed by atoms with van der Waals surface area (Å²) in [5.41, 5.74) is 3.20. The average molecular weight is 502 g/mol. The molecule has 8 heteroatoms. The lowest BCUT2D eigenvalue weighted by atomic mass is 10.0. The van der Waals surface area contributed by atoms with Gasteiger partial charge in [0, 0.05) is 24.0 Å². The van der Waals surface area contributed by atoms with Gasteiger partial charge < -0.3 is 20.3 Å². The minimum atomic E-state index is -1.47. The molecule has 2 N–H and O–H groups in total. The fourth-order valence-electron chi connectivity index (χ4n) is 4.27. The Morgan fingerprint density at radius 1 is 1.00 bits per heavy atom. The van der Waals surface area contributed by atoms with Crippen LogP contribution in [0.15, 0.2) is 66.7 Å². The zero-order chi connectivity index (χ0) is 26.0. The molecule has 0 aliphatic carbocycles. The first kappa shape index (κ1) is 25.2. The summed E-state index contributed by atoms with van der Waals surface area (Å²) < 4.78 is 5.26. The van der Waals surface area contributed by atoms with Crippen LogP contribution in [-0.4, -0.2) is 44.9 Å². The highest BCUT2D eigenvalue weighted by Crippen LogP contribution is 2.28. The molecule has 3 aromatic rings. The van der Waals surface area contributed by atoms with Crippen molar-refractivity contribution in [2.75, 3.05) is 24.8 Å². The molecule has 0 radical (unpaired) electrons. The molecule has 1 atom stereocenters. The molecule has 1 aliphatic heterocycles. The summed E-state index contributed by atoms with van der Waals surface area (Å²) >= 11 is 0. The van der Waals surface area contributed by atoms with Crippen molar-refractivity contribution in [3.8, 4) is 5.75 Å². The van der Waals surface area contributed by atoms with Gasteiger partial charge in [-0.05, 0) is 47.5 Å². The predicted octanol–water partition coefficient (Wildman–Crippen LogP) is 4.19. The van der Waals surface area contributed by atoms with Crippen molar-refractivity contribution >= 4 is 42.4 Å². The van der Waals surface area contributed by atoms with Crippen LogP contribution >= 0.6 is 0 Å². The third-order valence-electron chi connectivity index (χ3n) is 6.39. The number of carbonyl (C=O) groups is 3. The lowest BCUT2D eigenvalue weighted by Gasteiger charge is -2.28. The van der Waals surface area contributed by atoms with Gasteiger partial charge in [-0.2, -0.15) is 0 Å². The first-order valence-electron chi connectivity index (χ1n) is 11.8. The molecule has 3 amide bonds. The maximum Gasteiger partial charge on any atom is 0.254 e. The van der Waals surface area contributed by atoms with E-state index in [1.54, 1.807) is 56.6 Å². The SMILES string of the molecule is COc1ccc(C(C(=O)Nc2ccc([Si](C)(C)C)cc2)N(C)C(=O)c2ccc3c(c2)NC(=O)C3)cc1. The van der Waals surface area contributed by atoms with Crippen LogP contribution in [0.5, 0.6) is 5.75 Å². The van der Waals surface area contributed by atoms with Gasteiger partial charge >= 0.3 is 0 Å². The summed E-state index contributed by atoms with van der Waals surface area (Å²) in [6.45, 7) is 6.81. The zero-order valence-electron chi connectivity index (χ0n) is 21.2. The number of carbonyl (C=O) groups excluding carboxylic acids is 3. The van der Waals surface area contributed by atoms with Gasteiger partial charge in [-0.3, -0.25) is 14.4 Å². The normalized spacial score (nSPS) is 13.4. The van der Waals surface area contributed by atoms with Crippen LogP contribution in [0.3, 0.4) is 0 Å². The van der Waals surface area contributed by atoms with E-state index in [-0.39, 0.29) is 17.7 Å². The highest BCUT2D eigenvalue weighted by Gasteiger charge is 2.30. The van der Waals surface area contributed by atoms with Crippen LogP contribution in [0.4, 0.5) is 11.4 Å². The highest BCUT2D eigenvalue weighted by atomic mass is 28.3. The van der Waals surface area contributed by atoms with E-state index in [0.717, 1.165) is 5.56 Å². The highest BCUT2D eigenvalue weighted by molar-refractivity contribution is 6.88. The number of amides is 3. The number of benzene rings is 3. The van der Waals surface area contributed by atoms with Gasteiger partial charge in [-0.25, -0.2) is 0 Å². The number of methoxy groups -OCH3 is 1. The summed E-state index contributed by atoms with van der Waals surface area (Å²) in [4.78, 5) is 40.2. The first-order chi connectivity index (χ1) is 17.1. The molecule has 0 aromatic heterocycles. The van der Waals surface area contributed by atoms with Crippen molar-refractivity contribution in [1.29, 1.82) is 0 Å². The molecule has 4 rings (SSSR count). The molecular formula is C28H31N3O4Si. The number of ether oxygens (including phenoxy) is 1. The largest absolute Gasteiger partial charge is 0.497 e. The number of rotatable bonds is 7. The molecule has 0 saturated carbocycles. The smallest absolute Gasteiger partial charge is 0.254 e. The average Bonchev–Trinajstić information content (AvgIpc) is 3.23. The monoisotopic (exact) mass is 501 g/mol. The van der Waals surface area contributed by atoms with Crippen LogP contribution in [0.1, 0.15) is 27.5 Å². The maximum atomic E-state index is 13.6. The van der Waals surface area contributed by atoms with Gasteiger partial charge in [-0.15, -0.1) is 0 Å². The number of likely N-dealkylation sites (N-methyl/N-ethyl adjacent to an activating group) is 1. The van der Waals surface area contributed by atoms with E-state index >= 15 is 0 Å². The lowest BCUT2D eigenvalue weighted by Crippen LogP contribution is -2.39. The summed E-state index contributed by atoms with van der Waals surface area (Å²) in [7, 11) is 1.72. The van der Waals surface area contributed by atoms with Gasteiger partial charge in [0.1, 0.15) is 11.8 Å². The topological polar surface area (TPSA) is 87.7 Å². The Hall–Kier alpha value is -3.91. The fourth-order valence-corrected chi connectivity index (χ4v) is 5.44. The maximum absolute atomic E-state index is 13.6. The Bertz CT molecular complexity index is 1300. The van der Waals surface area contributed by atoms with Crippen LogP contribution in [-0.2, 0) is 16.0 Å². The first-order valence-corrected chi connectivity index (χ1v) is 15.3. The third kappa shape index (κ3) is 5.33. The Morgan fingerprint density at radius 3 is 2.28 bits per heavy atom. The Balaban J connectivity index is 1.63. The van der Waals surface area contributed by atoms with Crippen LogP contribution < -0.4 is 20.6 Å². The van der Waals surface area contributed by atoms with Crippen molar-refractivity contribution in [2.45, 2.75) is 32.1 Å². The number of anilines is 2. The van der Waals surface area contributed by atoms with Gasteiger partial charge in [0.2, 0.25) is 5.91 Å². The zero-order valence-corrected chi connectivity index (χ0v) is 22.2. The number of nitrogens with one attached hydrogen (secondary N) is 2. The second-order valence-corrected chi connectivity index (χ2v) is 15.1. The lowest BCUT2D eigenvalue weighted by molar-refractivity contribution is -0.120. The third-order valence-corrected chi connectivity index (χ3v) is 8.45. The van der Waals surface area contributed by atoms with E-state index in [1.165, 1.54) is 10.1 Å². The number of nitrogens with zero attached hydrogens (tertiary/aromatic N) is 1. The molecule has 0 saturated heterocycles. The van der Waals surface area contributed by atoms with Gasteiger partial charge in [0.05, 0.1) is 21.6 Å². The van der Waals surface area contributed by atoms with Crippen molar-refractivity contribution in [1.82, 2.24) is 4.90 Å². The van der Waals surface area contributed by atoms with Crippen molar-refractivity contribution < 1.29 is 19.1 Å². The molecule has 186 valence electrons. The van der Waals surface area contributed by atoms with E-state index in [1.807, 2.05) is 12.1 Å². The molecule has 3 aromatic carbocycles. The molecular weight excluding hydrogens is 470 g/mol.